The Morgan fingerprint density at radius 2 is 1.75 bits per heavy atom. The Balaban J connectivity index is 2.60. The number of amides is 2. The van der Waals surface area contributed by atoms with Crippen LogP contribution in [-0.2, 0) is 9.59 Å². The summed E-state index contributed by atoms with van der Waals surface area (Å²) >= 11 is 0. The third-order valence-corrected chi connectivity index (χ3v) is 3.37. The molecule has 0 aliphatic heterocycles. The van der Waals surface area contributed by atoms with E-state index in [9.17, 15) is 9.59 Å². The van der Waals surface area contributed by atoms with Gasteiger partial charge in [-0.25, -0.2) is 0 Å². The Morgan fingerprint density at radius 1 is 1.19 bits per heavy atom. The second kappa shape index (κ2) is 5.87. The van der Waals surface area contributed by atoms with Gasteiger partial charge < -0.3 is 11.5 Å². The molecule has 0 aromatic heterocycles. The van der Waals surface area contributed by atoms with Crippen LogP contribution >= 0.6 is 0 Å². The van der Waals surface area contributed by atoms with Gasteiger partial charge in [-0.15, -0.1) is 0 Å². The Labute approximate surface area is 96.8 Å². The summed E-state index contributed by atoms with van der Waals surface area (Å²) in [5.74, 6) is -0.875. The molecule has 2 amide bonds. The number of rotatable bonds is 8. The third-order valence-electron chi connectivity index (χ3n) is 3.37. The summed E-state index contributed by atoms with van der Waals surface area (Å²) in [7, 11) is 0. The molecule has 0 heterocycles. The van der Waals surface area contributed by atoms with Crippen LogP contribution in [0.5, 0.6) is 0 Å². The van der Waals surface area contributed by atoms with Crippen LogP contribution in [0.3, 0.4) is 0 Å². The van der Waals surface area contributed by atoms with Gasteiger partial charge in [0.05, 0.1) is 0 Å². The first kappa shape index (κ1) is 13.0. The molecule has 1 fully saturated rings. The molecule has 1 aliphatic rings. The molecule has 1 rings (SSSR count). The highest BCUT2D eigenvalue weighted by molar-refractivity contribution is 5.86. The van der Waals surface area contributed by atoms with Crippen molar-refractivity contribution in [2.75, 3.05) is 0 Å². The normalized spacial score (nSPS) is 19.1. The number of primary amides is 2. The van der Waals surface area contributed by atoms with Crippen molar-refractivity contribution in [1.29, 1.82) is 0 Å². The summed E-state index contributed by atoms with van der Waals surface area (Å²) in [6, 6.07) is 0. The predicted molar refractivity (Wildman–Crippen MR) is 62.2 cm³/mol. The second-order valence-corrected chi connectivity index (χ2v) is 4.84. The maximum atomic E-state index is 11.4. The number of carbonyl (C=O) groups excluding carboxylic acids is 2. The summed E-state index contributed by atoms with van der Waals surface area (Å²) in [6.45, 7) is 2.05. The van der Waals surface area contributed by atoms with Crippen molar-refractivity contribution in [3.8, 4) is 0 Å². The van der Waals surface area contributed by atoms with Crippen LogP contribution in [0.1, 0.15) is 45.4 Å². The molecule has 0 saturated heterocycles. The van der Waals surface area contributed by atoms with E-state index in [4.69, 9.17) is 11.5 Å². The lowest BCUT2D eigenvalue weighted by Crippen LogP contribution is -2.38. The molecule has 2 unspecified atom stereocenters. The topological polar surface area (TPSA) is 86.2 Å². The van der Waals surface area contributed by atoms with E-state index in [0.29, 0.717) is 12.3 Å². The minimum Gasteiger partial charge on any atom is -0.369 e. The zero-order chi connectivity index (χ0) is 12.1. The van der Waals surface area contributed by atoms with Crippen molar-refractivity contribution >= 4 is 11.8 Å². The van der Waals surface area contributed by atoms with Crippen molar-refractivity contribution in [2.24, 2.45) is 29.2 Å². The molecule has 4 heteroatoms. The maximum absolute atomic E-state index is 11.4. The maximum Gasteiger partial charge on any atom is 0.221 e. The number of carbonyl (C=O) groups is 2. The highest BCUT2D eigenvalue weighted by Crippen LogP contribution is 2.38. The van der Waals surface area contributed by atoms with E-state index in [0.717, 1.165) is 32.1 Å². The molecule has 1 aliphatic carbocycles. The number of hydrogen-bond acceptors (Lipinski definition) is 2. The van der Waals surface area contributed by atoms with Gasteiger partial charge in [-0.3, -0.25) is 9.59 Å². The van der Waals surface area contributed by atoms with Gasteiger partial charge in [0.25, 0.3) is 0 Å². The zero-order valence-electron chi connectivity index (χ0n) is 9.95. The summed E-state index contributed by atoms with van der Waals surface area (Å²) in [4.78, 5) is 22.8. The van der Waals surface area contributed by atoms with E-state index in [2.05, 4.69) is 6.92 Å². The van der Waals surface area contributed by atoms with Gasteiger partial charge >= 0.3 is 0 Å². The van der Waals surface area contributed by atoms with Crippen molar-refractivity contribution in [3.63, 3.8) is 0 Å². The first-order chi connectivity index (χ1) is 7.56. The van der Waals surface area contributed by atoms with Crippen molar-refractivity contribution in [2.45, 2.75) is 45.4 Å². The summed E-state index contributed by atoms with van der Waals surface area (Å²) in [5, 5.41) is 0. The summed E-state index contributed by atoms with van der Waals surface area (Å²) < 4.78 is 0. The summed E-state index contributed by atoms with van der Waals surface area (Å²) in [6.07, 6.45) is 5.66. The SMILES string of the molecule is CCCCC(C(N)=O)C(CC1CC1)C(N)=O. The largest absolute Gasteiger partial charge is 0.369 e. The standard InChI is InChI=1S/C12H22N2O2/c1-2-3-4-9(11(13)15)10(12(14)16)7-8-5-6-8/h8-10H,2-7H2,1H3,(H2,13,15)(H2,14,16). The van der Waals surface area contributed by atoms with Gasteiger partial charge in [-0.05, 0) is 18.8 Å². The van der Waals surface area contributed by atoms with Crippen LogP contribution in [0.4, 0.5) is 0 Å². The average molecular weight is 226 g/mol. The first-order valence-electron chi connectivity index (χ1n) is 6.14. The van der Waals surface area contributed by atoms with Gasteiger partial charge in [-0.2, -0.15) is 0 Å². The zero-order valence-corrected chi connectivity index (χ0v) is 9.95. The lowest BCUT2D eigenvalue weighted by Gasteiger charge is -2.21. The van der Waals surface area contributed by atoms with Crippen molar-refractivity contribution in [1.82, 2.24) is 0 Å². The smallest absolute Gasteiger partial charge is 0.221 e. The fourth-order valence-electron chi connectivity index (χ4n) is 2.16. The van der Waals surface area contributed by atoms with E-state index in [1.165, 1.54) is 0 Å². The first-order valence-corrected chi connectivity index (χ1v) is 6.14. The molecule has 4 N–H and O–H groups in total. The van der Waals surface area contributed by atoms with E-state index < -0.39 is 0 Å². The minimum atomic E-state index is -0.377. The minimum absolute atomic E-state index is 0.350. The molecule has 16 heavy (non-hydrogen) atoms. The third kappa shape index (κ3) is 3.83. The molecule has 4 nitrogen and oxygen atoms in total. The molecule has 0 bridgehead atoms. The molecular weight excluding hydrogens is 204 g/mol. The van der Waals surface area contributed by atoms with Crippen LogP contribution in [0.15, 0.2) is 0 Å². The fourth-order valence-corrected chi connectivity index (χ4v) is 2.16. The lowest BCUT2D eigenvalue weighted by atomic mass is 9.83. The van der Waals surface area contributed by atoms with Crippen LogP contribution in [0, 0.1) is 17.8 Å². The highest BCUT2D eigenvalue weighted by Gasteiger charge is 2.35. The quantitative estimate of drug-likeness (QED) is 0.651. The van der Waals surface area contributed by atoms with Gasteiger partial charge in [-0.1, -0.05) is 32.6 Å². The molecule has 0 spiro atoms. The monoisotopic (exact) mass is 226 g/mol. The highest BCUT2D eigenvalue weighted by atomic mass is 16.2. The van der Waals surface area contributed by atoms with Crippen molar-refractivity contribution < 1.29 is 9.59 Å². The van der Waals surface area contributed by atoms with Crippen LogP contribution in [0.2, 0.25) is 0 Å². The van der Waals surface area contributed by atoms with E-state index >= 15 is 0 Å². The molecule has 0 aromatic carbocycles. The molecule has 2 atom stereocenters. The van der Waals surface area contributed by atoms with Crippen LogP contribution in [-0.4, -0.2) is 11.8 Å². The van der Waals surface area contributed by atoms with Crippen LogP contribution < -0.4 is 11.5 Å². The molecule has 0 radical (unpaired) electrons. The van der Waals surface area contributed by atoms with Gasteiger partial charge in [0.2, 0.25) is 11.8 Å². The van der Waals surface area contributed by atoms with Gasteiger partial charge in [0.15, 0.2) is 0 Å². The Bertz CT molecular complexity index is 262. The number of nitrogens with two attached hydrogens (primary N) is 2. The Morgan fingerprint density at radius 3 is 2.12 bits per heavy atom. The number of unbranched alkanes of at least 4 members (excludes halogenated alkanes) is 1. The number of hydrogen-bond donors (Lipinski definition) is 2. The van der Waals surface area contributed by atoms with Crippen molar-refractivity contribution in [3.05, 3.63) is 0 Å². The molecular formula is C12H22N2O2. The van der Waals surface area contributed by atoms with Gasteiger partial charge in [0.1, 0.15) is 0 Å². The van der Waals surface area contributed by atoms with E-state index in [-0.39, 0.29) is 23.7 Å². The lowest BCUT2D eigenvalue weighted by molar-refractivity contribution is -0.132. The molecule has 92 valence electrons. The Kier molecular flexibility index (Phi) is 4.77. The Hall–Kier alpha value is -1.06. The molecule has 1 saturated carbocycles. The van der Waals surface area contributed by atoms with Crippen LogP contribution in [0.25, 0.3) is 0 Å². The predicted octanol–water partition coefficient (Wildman–Crippen LogP) is 1.18. The summed E-state index contributed by atoms with van der Waals surface area (Å²) in [5.41, 5.74) is 10.7. The second-order valence-electron chi connectivity index (χ2n) is 4.84. The average Bonchev–Trinajstić information content (AvgIpc) is 2.99. The van der Waals surface area contributed by atoms with Gasteiger partial charge in [0, 0.05) is 11.8 Å². The van der Waals surface area contributed by atoms with E-state index in [1.807, 2.05) is 0 Å². The molecule has 0 aromatic rings. The van der Waals surface area contributed by atoms with E-state index in [1.54, 1.807) is 0 Å². The fraction of sp³-hybridized carbons (Fsp3) is 0.833.